The zero-order chi connectivity index (χ0) is 21.9. The maximum atomic E-state index is 13.5. The number of carbonyl (C=O) groups is 1. The van der Waals surface area contributed by atoms with E-state index >= 15 is 0 Å². The Morgan fingerprint density at radius 1 is 1.30 bits per heavy atom. The van der Waals surface area contributed by atoms with Gasteiger partial charge < -0.3 is 19.2 Å². The third kappa shape index (κ3) is 5.70. The van der Waals surface area contributed by atoms with Gasteiger partial charge in [-0.05, 0) is 59.1 Å². The number of aromatic nitrogens is 2. The van der Waals surface area contributed by atoms with Gasteiger partial charge in [0.05, 0.1) is 5.75 Å². The summed E-state index contributed by atoms with van der Waals surface area (Å²) in [6.45, 7) is 11.8. The van der Waals surface area contributed by atoms with Crippen molar-refractivity contribution in [3.05, 3.63) is 36.0 Å². The zero-order valence-corrected chi connectivity index (χ0v) is 20.0. The van der Waals surface area contributed by atoms with Gasteiger partial charge in [-0.3, -0.25) is 4.79 Å². The molecule has 30 heavy (non-hydrogen) atoms. The molecule has 1 N–H and O–H groups in total. The Balaban J connectivity index is 1.73. The molecule has 0 unspecified atom stereocenters. The van der Waals surface area contributed by atoms with Crippen molar-refractivity contribution in [1.82, 2.24) is 19.8 Å². The molecule has 0 saturated carbocycles. The van der Waals surface area contributed by atoms with Crippen LogP contribution in [-0.2, 0) is 12.8 Å². The molecule has 0 atom stereocenters. The van der Waals surface area contributed by atoms with E-state index in [0.29, 0.717) is 11.5 Å². The highest BCUT2D eigenvalue weighted by Gasteiger charge is 2.41. The molecule has 3 heterocycles. The first-order chi connectivity index (χ1) is 14.1. The minimum atomic E-state index is -0.00973. The number of thioether (sulfide) groups is 1. The van der Waals surface area contributed by atoms with E-state index in [9.17, 15) is 4.79 Å². The van der Waals surface area contributed by atoms with Gasteiger partial charge in [-0.2, -0.15) is 0 Å². The van der Waals surface area contributed by atoms with Gasteiger partial charge in [-0.1, -0.05) is 25.1 Å². The van der Waals surface area contributed by atoms with Crippen LogP contribution in [0, 0.1) is 0 Å². The lowest BCUT2D eigenvalue weighted by atomic mass is 9.79. The highest BCUT2D eigenvalue weighted by molar-refractivity contribution is 7.98. The number of furan rings is 1. The topological polar surface area (TPSA) is 63.3 Å². The van der Waals surface area contributed by atoms with Gasteiger partial charge in [0.1, 0.15) is 5.76 Å². The first-order valence-corrected chi connectivity index (χ1v) is 11.9. The van der Waals surface area contributed by atoms with E-state index in [2.05, 4.69) is 49.8 Å². The van der Waals surface area contributed by atoms with Crippen LogP contribution < -0.4 is 5.32 Å². The number of carbonyl (C=O) groups excluding carboxylic acids is 1. The van der Waals surface area contributed by atoms with Crippen LogP contribution in [0.2, 0.25) is 0 Å². The van der Waals surface area contributed by atoms with Gasteiger partial charge in [-0.25, -0.2) is 4.98 Å². The van der Waals surface area contributed by atoms with Crippen molar-refractivity contribution in [1.29, 1.82) is 0 Å². The number of hydrogen-bond acceptors (Lipinski definition) is 5. The molecule has 1 aliphatic rings. The van der Waals surface area contributed by atoms with Gasteiger partial charge >= 0.3 is 0 Å². The smallest absolute Gasteiger partial charge is 0.289 e. The molecule has 1 amide bonds. The molecule has 0 spiro atoms. The van der Waals surface area contributed by atoms with Gasteiger partial charge in [0.25, 0.3) is 5.91 Å². The minimum Gasteiger partial charge on any atom is -0.455 e. The van der Waals surface area contributed by atoms with Crippen LogP contribution >= 0.6 is 11.8 Å². The summed E-state index contributed by atoms with van der Waals surface area (Å²) in [5.41, 5.74) is -0.0195. The standard InChI is InChI=1S/C23H36N4O2S/c1-7-8-12-27(17-14-22(2,3)25-23(4,5)15-17)20(28)19-10-9-18(29-19)16-30-21-24-11-13-26(21)6/h9-11,13,17,25H,7-8,12,14-16H2,1-6H3. The van der Waals surface area contributed by atoms with Crippen molar-refractivity contribution >= 4 is 17.7 Å². The summed E-state index contributed by atoms with van der Waals surface area (Å²) in [7, 11) is 1.97. The molecule has 0 aliphatic carbocycles. The van der Waals surface area contributed by atoms with Gasteiger partial charge in [0, 0.05) is 43.1 Å². The van der Waals surface area contributed by atoms with Crippen molar-refractivity contribution in [2.75, 3.05) is 6.54 Å². The van der Waals surface area contributed by atoms with E-state index in [1.807, 2.05) is 29.9 Å². The second-order valence-corrected chi connectivity index (χ2v) is 10.6. The molecule has 1 fully saturated rings. The van der Waals surface area contributed by atoms with Gasteiger partial charge in [-0.15, -0.1) is 0 Å². The van der Waals surface area contributed by atoms with Crippen LogP contribution in [0.15, 0.2) is 34.1 Å². The summed E-state index contributed by atoms with van der Waals surface area (Å²) in [6.07, 6.45) is 7.65. The van der Waals surface area contributed by atoms with Crippen molar-refractivity contribution in [3.63, 3.8) is 0 Å². The lowest BCUT2D eigenvalue weighted by molar-refractivity contribution is 0.0414. The number of aryl methyl sites for hydroxylation is 1. The second-order valence-electron chi connectivity index (χ2n) is 9.68. The average molecular weight is 433 g/mol. The molecule has 0 aromatic carbocycles. The minimum absolute atomic E-state index is 0.00944. The Morgan fingerprint density at radius 3 is 2.60 bits per heavy atom. The fourth-order valence-electron chi connectivity index (χ4n) is 4.61. The second kappa shape index (κ2) is 9.18. The first kappa shape index (κ1) is 22.9. The number of amides is 1. The fourth-order valence-corrected chi connectivity index (χ4v) is 5.43. The Labute approximate surface area is 184 Å². The number of hydrogen-bond donors (Lipinski definition) is 1. The average Bonchev–Trinajstić information content (AvgIpc) is 3.26. The lowest BCUT2D eigenvalue weighted by Gasteiger charge is -2.49. The molecule has 1 saturated heterocycles. The van der Waals surface area contributed by atoms with Crippen molar-refractivity contribution in [3.8, 4) is 0 Å². The summed E-state index contributed by atoms with van der Waals surface area (Å²) in [6, 6.07) is 3.94. The monoisotopic (exact) mass is 432 g/mol. The van der Waals surface area contributed by atoms with Crippen LogP contribution in [0.5, 0.6) is 0 Å². The fraction of sp³-hybridized carbons (Fsp3) is 0.652. The summed E-state index contributed by atoms with van der Waals surface area (Å²) in [5, 5.41) is 4.65. The molecule has 0 bridgehead atoms. The van der Waals surface area contributed by atoms with E-state index in [1.165, 1.54) is 0 Å². The number of unbranched alkanes of at least 4 members (excludes halogenated alkanes) is 1. The number of nitrogens with zero attached hydrogens (tertiary/aromatic N) is 3. The van der Waals surface area contributed by atoms with Crippen LogP contribution in [-0.4, -0.2) is 44.0 Å². The van der Waals surface area contributed by atoms with Crippen molar-refractivity contribution in [2.24, 2.45) is 7.05 Å². The molecule has 0 radical (unpaired) electrons. The third-order valence-electron chi connectivity index (χ3n) is 5.62. The molecule has 2 aromatic heterocycles. The summed E-state index contributed by atoms with van der Waals surface area (Å²) in [4.78, 5) is 19.8. The van der Waals surface area contributed by atoms with E-state index in [4.69, 9.17) is 4.42 Å². The molecule has 6 nitrogen and oxygen atoms in total. The molecular weight excluding hydrogens is 396 g/mol. The number of imidazole rings is 1. The zero-order valence-electron chi connectivity index (χ0n) is 19.2. The highest BCUT2D eigenvalue weighted by atomic mass is 32.2. The van der Waals surface area contributed by atoms with Gasteiger partial charge in [0.2, 0.25) is 0 Å². The van der Waals surface area contributed by atoms with Crippen LogP contribution in [0.3, 0.4) is 0 Å². The lowest BCUT2D eigenvalue weighted by Crippen LogP contribution is -2.62. The van der Waals surface area contributed by atoms with E-state index in [1.54, 1.807) is 18.0 Å². The predicted molar refractivity (Wildman–Crippen MR) is 122 cm³/mol. The Bertz CT molecular complexity index is 839. The molecule has 166 valence electrons. The molecule has 1 aliphatic heterocycles. The largest absolute Gasteiger partial charge is 0.455 e. The summed E-state index contributed by atoms with van der Waals surface area (Å²) in [5.74, 6) is 1.90. The molecular formula is C23H36N4O2S. The summed E-state index contributed by atoms with van der Waals surface area (Å²) >= 11 is 1.61. The van der Waals surface area contributed by atoms with Crippen molar-refractivity contribution in [2.45, 2.75) is 88.3 Å². The quantitative estimate of drug-likeness (QED) is 0.604. The molecule has 3 rings (SSSR count). The maximum absolute atomic E-state index is 13.5. The number of nitrogens with one attached hydrogen (secondary N) is 1. The van der Waals surface area contributed by atoms with E-state index in [0.717, 1.165) is 43.1 Å². The van der Waals surface area contributed by atoms with Crippen LogP contribution in [0.4, 0.5) is 0 Å². The van der Waals surface area contributed by atoms with E-state index < -0.39 is 0 Å². The number of piperidine rings is 1. The maximum Gasteiger partial charge on any atom is 0.289 e. The normalized spacial score (nSPS) is 18.5. The summed E-state index contributed by atoms with van der Waals surface area (Å²) < 4.78 is 7.95. The van der Waals surface area contributed by atoms with E-state index in [-0.39, 0.29) is 23.0 Å². The number of rotatable bonds is 8. The highest BCUT2D eigenvalue weighted by Crippen LogP contribution is 2.33. The van der Waals surface area contributed by atoms with Gasteiger partial charge in [0.15, 0.2) is 10.9 Å². The Hall–Kier alpha value is -1.73. The molecule has 7 heteroatoms. The van der Waals surface area contributed by atoms with Crippen LogP contribution in [0.25, 0.3) is 0 Å². The molecule has 2 aromatic rings. The Morgan fingerprint density at radius 2 is 2.00 bits per heavy atom. The SMILES string of the molecule is CCCCN(C(=O)c1ccc(CSc2nccn2C)o1)C1CC(C)(C)NC(C)(C)C1. The third-order valence-corrected chi connectivity index (χ3v) is 6.70. The van der Waals surface area contributed by atoms with Crippen LogP contribution in [0.1, 0.15) is 76.6 Å². The first-order valence-electron chi connectivity index (χ1n) is 10.9. The predicted octanol–water partition coefficient (Wildman–Crippen LogP) is 4.86. The van der Waals surface area contributed by atoms with Crippen molar-refractivity contribution < 1.29 is 9.21 Å². The Kier molecular flexibility index (Phi) is 7.02.